The van der Waals surface area contributed by atoms with Crippen LogP contribution < -0.4 is 0 Å². The Bertz CT molecular complexity index is 999. The highest BCUT2D eigenvalue weighted by Crippen LogP contribution is 2.73. The van der Waals surface area contributed by atoms with Crippen molar-refractivity contribution in [2.24, 2.45) is 40.4 Å². The van der Waals surface area contributed by atoms with Gasteiger partial charge in [-0.1, -0.05) is 19.4 Å². The third-order valence-corrected chi connectivity index (χ3v) is 11.6. The van der Waals surface area contributed by atoms with Gasteiger partial charge < -0.3 is 19.7 Å². The minimum absolute atomic E-state index is 0.0366. The number of hydrogen-bond acceptors (Lipinski definition) is 6. The number of cyclic esters (lactones) is 1. The van der Waals surface area contributed by atoms with Crippen LogP contribution in [0.2, 0.25) is 0 Å². The Hall–Kier alpha value is -1.50. The third-order valence-electron chi connectivity index (χ3n) is 11.6. The van der Waals surface area contributed by atoms with E-state index in [2.05, 4.69) is 20.8 Å². The van der Waals surface area contributed by atoms with Crippen LogP contribution in [0.3, 0.4) is 0 Å². The Kier molecular flexibility index (Phi) is 4.90. The highest BCUT2D eigenvalue weighted by molar-refractivity contribution is 5.98. The standard InChI is InChI=1S/C28H38O6/c1-14-11-21(33-25(32)17(14)13-29)15(2)18-5-6-19-16-12-24-28(34-24)23(31)8-7-22(30)27(28,4)20(16)9-10-26(18,19)3/h7-8,15-16,18-21,23-24,29,31H,5-6,9-13H2,1-4H3/t15?,16-,18-,19?,20?,21+,23+,24-,26+,27-,28+/m1/s1. The molecule has 6 nitrogen and oxygen atoms in total. The van der Waals surface area contributed by atoms with Crippen LogP contribution in [-0.4, -0.2) is 52.5 Å². The fourth-order valence-electron chi connectivity index (χ4n) is 9.69. The second kappa shape index (κ2) is 7.27. The molecular formula is C28H38O6. The largest absolute Gasteiger partial charge is 0.458 e. The SMILES string of the molecule is CC1=C(CO)C(=O)O[C@H](C(C)[C@H]2CCC3[C@H]4C[C@H]5O[C@@]56[C@@H](O)C=CC(=O)[C@@]6(C)C4CC[C@]32C)C1. The molecule has 2 aliphatic heterocycles. The molecule has 1 spiro atoms. The van der Waals surface area contributed by atoms with E-state index >= 15 is 0 Å². The van der Waals surface area contributed by atoms with E-state index in [1.807, 2.05) is 6.92 Å². The van der Waals surface area contributed by atoms with Crippen LogP contribution in [0.4, 0.5) is 0 Å². The van der Waals surface area contributed by atoms with Crippen molar-refractivity contribution in [3.8, 4) is 0 Å². The molecule has 11 atom stereocenters. The molecule has 186 valence electrons. The second-order valence-corrected chi connectivity index (χ2v) is 12.5. The van der Waals surface area contributed by atoms with E-state index in [4.69, 9.17) is 9.47 Å². The van der Waals surface area contributed by atoms with Gasteiger partial charge in [-0.05, 0) is 93.1 Å². The van der Waals surface area contributed by atoms with Gasteiger partial charge in [-0.3, -0.25) is 4.79 Å². The van der Waals surface area contributed by atoms with Gasteiger partial charge in [0.1, 0.15) is 17.8 Å². The molecule has 6 heteroatoms. The zero-order valence-corrected chi connectivity index (χ0v) is 20.8. The number of carbonyl (C=O) groups is 2. The smallest absolute Gasteiger partial charge is 0.336 e. The van der Waals surface area contributed by atoms with Crippen molar-refractivity contribution in [3.05, 3.63) is 23.3 Å². The maximum atomic E-state index is 13.3. The van der Waals surface area contributed by atoms with Crippen molar-refractivity contribution in [2.45, 2.75) is 90.1 Å². The van der Waals surface area contributed by atoms with Gasteiger partial charge in [-0.25, -0.2) is 4.79 Å². The first-order valence-corrected chi connectivity index (χ1v) is 13.2. The summed E-state index contributed by atoms with van der Waals surface area (Å²) in [7, 11) is 0. The van der Waals surface area contributed by atoms with Crippen LogP contribution in [0.5, 0.6) is 0 Å². The summed E-state index contributed by atoms with van der Waals surface area (Å²) < 4.78 is 12.1. The molecule has 0 radical (unpaired) electrons. The number of hydrogen-bond donors (Lipinski definition) is 2. The topological polar surface area (TPSA) is 96.4 Å². The van der Waals surface area contributed by atoms with Gasteiger partial charge in [-0.15, -0.1) is 0 Å². The van der Waals surface area contributed by atoms with E-state index in [9.17, 15) is 19.8 Å². The number of carbonyl (C=O) groups excluding carboxylic acids is 2. The van der Waals surface area contributed by atoms with Gasteiger partial charge in [0.05, 0.1) is 23.7 Å². The quantitative estimate of drug-likeness (QED) is 0.485. The maximum Gasteiger partial charge on any atom is 0.336 e. The molecule has 6 aliphatic rings. The number of fused-ring (bicyclic) bond motifs is 4. The van der Waals surface area contributed by atoms with Crippen molar-refractivity contribution >= 4 is 11.8 Å². The summed E-state index contributed by atoms with van der Waals surface area (Å²) in [5, 5.41) is 20.4. The number of esters is 1. The summed E-state index contributed by atoms with van der Waals surface area (Å²) in [6.07, 6.45) is 8.23. The van der Waals surface area contributed by atoms with Crippen molar-refractivity contribution in [1.82, 2.24) is 0 Å². The number of rotatable bonds is 3. The molecule has 3 saturated carbocycles. The molecule has 3 unspecified atom stereocenters. The lowest BCUT2D eigenvalue weighted by atomic mass is 9.44. The molecule has 0 aromatic heterocycles. The van der Waals surface area contributed by atoms with E-state index in [1.54, 1.807) is 12.2 Å². The predicted molar refractivity (Wildman–Crippen MR) is 124 cm³/mol. The third kappa shape index (κ3) is 2.63. The van der Waals surface area contributed by atoms with E-state index < -0.39 is 17.1 Å². The van der Waals surface area contributed by atoms with E-state index in [0.717, 1.165) is 37.7 Å². The number of ketones is 1. The fraction of sp³-hybridized carbons (Fsp3) is 0.786. The lowest BCUT2D eigenvalue weighted by Gasteiger charge is -2.58. The average molecular weight is 471 g/mol. The molecule has 6 rings (SSSR count). The first-order chi connectivity index (χ1) is 16.1. The van der Waals surface area contributed by atoms with Crippen LogP contribution in [0, 0.1) is 40.4 Å². The van der Waals surface area contributed by atoms with Crippen molar-refractivity contribution < 1.29 is 29.3 Å². The number of epoxide rings is 1. The Morgan fingerprint density at radius 2 is 1.94 bits per heavy atom. The Balaban J connectivity index is 1.27. The van der Waals surface area contributed by atoms with E-state index in [0.29, 0.717) is 29.7 Å². The van der Waals surface area contributed by atoms with E-state index in [1.165, 1.54) is 0 Å². The fourth-order valence-corrected chi connectivity index (χ4v) is 9.69. The Labute approximate surface area is 201 Å². The van der Waals surface area contributed by atoms with Gasteiger partial charge in [0.15, 0.2) is 5.78 Å². The van der Waals surface area contributed by atoms with Crippen molar-refractivity contribution in [1.29, 1.82) is 0 Å². The van der Waals surface area contributed by atoms with Crippen molar-refractivity contribution in [2.75, 3.05) is 6.61 Å². The van der Waals surface area contributed by atoms with Crippen LogP contribution in [0.25, 0.3) is 0 Å². The summed E-state index contributed by atoms with van der Waals surface area (Å²) in [5.41, 5.74) is 0.129. The molecule has 0 aromatic carbocycles. The van der Waals surface area contributed by atoms with Crippen LogP contribution in [0.15, 0.2) is 23.3 Å². The van der Waals surface area contributed by atoms with Crippen molar-refractivity contribution in [3.63, 3.8) is 0 Å². The highest BCUT2D eigenvalue weighted by atomic mass is 16.6. The van der Waals surface area contributed by atoms with Crippen LogP contribution in [-0.2, 0) is 19.1 Å². The Morgan fingerprint density at radius 3 is 2.65 bits per heavy atom. The first-order valence-electron chi connectivity index (χ1n) is 13.2. The number of aliphatic hydroxyl groups is 2. The minimum atomic E-state index is -0.719. The summed E-state index contributed by atoms with van der Waals surface area (Å²) in [5.74, 6) is 1.61. The van der Waals surface area contributed by atoms with Crippen LogP contribution >= 0.6 is 0 Å². The van der Waals surface area contributed by atoms with E-state index in [-0.39, 0.29) is 47.8 Å². The number of aliphatic hydroxyl groups excluding tert-OH is 2. The highest BCUT2D eigenvalue weighted by Gasteiger charge is 2.80. The van der Waals surface area contributed by atoms with Gasteiger partial charge >= 0.3 is 5.97 Å². The van der Waals surface area contributed by atoms with Gasteiger partial charge in [0.2, 0.25) is 0 Å². The molecule has 0 aromatic rings. The maximum absolute atomic E-state index is 13.3. The predicted octanol–water partition coefficient (Wildman–Crippen LogP) is 3.35. The normalized spacial score (nSPS) is 52.4. The molecule has 4 fully saturated rings. The summed E-state index contributed by atoms with van der Waals surface area (Å²) in [6.45, 7) is 8.41. The monoisotopic (exact) mass is 470 g/mol. The molecule has 2 heterocycles. The van der Waals surface area contributed by atoms with Gasteiger partial charge in [0.25, 0.3) is 0 Å². The molecule has 0 amide bonds. The number of ether oxygens (including phenoxy) is 2. The molecule has 2 N–H and O–H groups in total. The molecule has 0 bridgehead atoms. The summed E-state index contributed by atoms with van der Waals surface area (Å²) in [6, 6.07) is 0. The zero-order valence-electron chi connectivity index (χ0n) is 20.8. The average Bonchev–Trinajstić information content (AvgIpc) is 3.43. The summed E-state index contributed by atoms with van der Waals surface area (Å²) >= 11 is 0. The minimum Gasteiger partial charge on any atom is -0.458 e. The Morgan fingerprint density at radius 1 is 1.18 bits per heavy atom. The second-order valence-electron chi connectivity index (χ2n) is 12.5. The zero-order chi connectivity index (χ0) is 24.2. The van der Waals surface area contributed by atoms with Gasteiger partial charge in [-0.2, -0.15) is 0 Å². The lowest BCUT2D eigenvalue weighted by Crippen LogP contribution is -2.63. The molecule has 1 saturated heterocycles. The summed E-state index contributed by atoms with van der Waals surface area (Å²) in [4.78, 5) is 25.8. The molecular weight excluding hydrogens is 432 g/mol. The van der Waals surface area contributed by atoms with Crippen LogP contribution in [0.1, 0.15) is 66.2 Å². The van der Waals surface area contributed by atoms with Gasteiger partial charge in [0, 0.05) is 6.42 Å². The lowest BCUT2D eigenvalue weighted by molar-refractivity contribution is -0.155. The molecule has 34 heavy (non-hydrogen) atoms. The molecule has 4 aliphatic carbocycles. The first kappa shape index (κ1) is 22.9. The number of allylic oxidation sites excluding steroid dienone is 1.